The summed E-state index contributed by atoms with van der Waals surface area (Å²) in [4.78, 5) is 0. The summed E-state index contributed by atoms with van der Waals surface area (Å²) in [7, 11) is 0. The van der Waals surface area contributed by atoms with Gasteiger partial charge in [0, 0.05) is 5.56 Å². The zero-order valence-corrected chi connectivity index (χ0v) is 11.0. The Hall–Kier alpha value is -2.46. The maximum Gasteiger partial charge on any atom is 0.249 e. The highest BCUT2D eigenvalue weighted by Gasteiger charge is 2.18. The lowest BCUT2D eigenvalue weighted by molar-refractivity contribution is 0.183. The Labute approximate surface area is 116 Å². The lowest BCUT2D eigenvalue weighted by Gasteiger charge is -2.06. The topological polar surface area (TPSA) is 59.2 Å². The SMILES string of the molecule is Cc1cccc([C@@H](O)c2nnc(-c3ccccc3)o2)c1. The summed E-state index contributed by atoms with van der Waals surface area (Å²) in [6.45, 7) is 1.97. The minimum atomic E-state index is -0.903. The summed E-state index contributed by atoms with van der Waals surface area (Å²) in [5.74, 6) is 0.613. The van der Waals surface area contributed by atoms with Crippen molar-refractivity contribution in [2.24, 2.45) is 0 Å². The van der Waals surface area contributed by atoms with Crippen LogP contribution in [0.25, 0.3) is 11.5 Å². The zero-order chi connectivity index (χ0) is 13.9. The Morgan fingerprint density at radius 1 is 1.00 bits per heavy atom. The van der Waals surface area contributed by atoms with E-state index in [-0.39, 0.29) is 5.89 Å². The van der Waals surface area contributed by atoms with E-state index >= 15 is 0 Å². The fourth-order valence-corrected chi connectivity index (χ4v) is 2.03. The molecule has 4 nitrogen and oxygen atoms in total. The van der Waals surface area contributed by atoms with Crippen LogP contribution in [0.3, 0.4) is 0 Å². The van der Waals surface area contributed by atoms with Crippen LogP contribution in [0.4, 0.5) is 0 Å². The number of benzene rings is 2. The molecule has 1 atom stereocenters. The van der Waals surface area contributed by atoms with Crippen LogP contribution in [0.15, 0.2) is 59.0 Å². The van der Waals surface area contributed by atoms with E-state index in [1.165, 1.54) is 0 Å². The van der Waals surface area contributed by atoms with Gasteiger partial charge in [-0.15, -0.1) is 10.2 Å². The molecule has 0 aliphatic heterocycles. The average Bonchev–Trinajstić information content (AvgIpc) is 2.97. The first-order chi connectivity index (χ1) is 9.74. The van der Waals surface area contributed by atoms with Gasteiger partial charge in [-0.25, -0.2) is 0 Å². The van der Waals surface area contributed by atoms with Crippen molar-refractivity contribution in [2.45, 2.75) is 13.0 Å². The summed E-state index contributed by atoms with van der Waals surface area (Å²) in [5.41, 5.74) is 2.65. The largest absolute Gasteiger partial charge is 0.417 e. The van der Waals surface area contributed by atoms with Crippen LogP contribution >= 0.6 is 0 Å². The number of hydrogen-bond acceptors (Lipinski definition) is 4. The highest BCUT2D eigenvalue weighted by atomic mass is 16.4. The third kappa shape index (κ3) is 2.46. The highest BCUT2D eigenvalue weighted by molar-refractivity contribution is 5.51. The number of aromatic nitrogens is 2. The molecule has 3 aromatic rings. The number of hydrogen-bond donors (Lipinski definition) is 1. The van der Waals surface area contributed by atoms with Crippen LogP contribution in [0.1, 0.15) is 23.1 Å². The number of nitrogens with zero attached hydrogens (tertiary/aromatic N) is 2. The third-order valence-electron chi connectivity index (χ3n) is 3.05. The molecule has 0 radical (unpaired) electrons. The average molecular weight is 266 g/mol. The molecule has 0 aliphatic carbocycles. The Morgan fingerprint density at radius 3 is 2.55 bits per heavy atom. The molecule has 3 rings (SSSR count). The fraction of sp³-hybridized carbons (Fsp3) is 0.125. The molecule has 2 aromatic carbocycles. The quantitative estimate of drug-likeness (QED) is 0.791. The third-order valence-corrected chi connectivity index (χ3v) is 3.05. The van der Waals surface area contributed by atoms with Crippen LogP contribution in [-0.4, -0.2) is 15.3 Å². The smallest absolute Gasteiger partial charge is 0.249 e. The lowest BCUT2D eigenvalue weighted by atomic mass is 10.1. The van der Waals surface area contributed by atoms with E-state index in [9.17, 15) is 5.11 Å². The maximum atomic E-state index is 10.3. The van der Waals surface area contributed by atoms with Gasteiger partial charge in [0.25, 0.3) is 0 Å². The summed E-state index contributed by atoms with van der Waals surface area (Å²) in [5, 5.41) is 18.2. The number of rotatable bonds is 3. The van der Waals surface area contributed by atoms with E-state index < -0.39 is 6.10 Å². The molecule has 0 spiro atoms. The summed E-state index contributed by atoms with van der Waals surface area (Å²) >= 11 is 0. The number of aliphatic hydroxyl groups excluding tert-OH is 1. The minimum absolute atomic E-state index is 0.203. The van der Waals surface area contributed by atoms with Gasteiger partial charge in [-0.1, -0.05) is 48.0 Å². The molecule has 1 N–H and O–H groups in total. The second-order valence-electron chi connectivity index (χ2n) is 4.63. The molecule has 0 aliphatic rings. The Bertz CT molecular complexity index is 707. The van der Waals surface area contributed by atoms with Crippen molar-refractivity contribution in [3.63, 3.8) is 0 Å². The molecule has 100 valence electrons. The lowest BCUT2D eigenvalue weighted by Crippen LogP contribution is -2.00. The van der Waals surface area contributed by atoms with Gasteiger partial charge in [-0.2, -0.15) is 0 Å². The number of aliphatic hydroxyl groups is 1. The van der Waals surface area contributed by atoms with Gasteiger partial charge >= 0.3 is 0 Å². The maximum absolute atomic E-state index is 10.3. The van der Waals surface area contributed by atoms with Crippen LogP contribution in [-0.2, 0) is 0 Å². The van der Waals surface area contributed by atoms with E-state index in [4.69, 9.17) is 4.42 Å². The summed E-state index contributed by atoms with van der Waals surface area (Å²) in [6, 6.07) is 17.1. The van der Waals surface area contributed by atoms with Gasteiger partial charge < -0.3 is 9.52 Å². The second-order valence-corrected chi connectivity index (χ2v) is 4.63. The zero-order valence-electron chi connectivity index (χ0n) is 11.0. The summed E-state index contributed by atoms with van der Waals surface area (Å²) < 4.78 is 5.55. The molecule has 20 heavy (non-hydrogen) atoms. The first kappa shape index (κ1) is 12.6. The Balaban J connectivity index is 1.90. The van der Waals surface area contributed by atoms with Gasteiger partial charge in [0.1, 0.15) is 0 Å². The van der Waals surface area contributed by atoms with Crippen LogP contribution in [0, 0.1) is 6.92 Å². The molecule has 0 saturated heterocycles. The first-order valence-corrected chi connectivity index (χ1v) is 6.37. The van der Waals surface area contributed by atoms with Crippen LogP contribution in [0.2, 0.25) is 0 Å². The van der Waals surface area contributed by atoms with Crippen molar-refractivity contribution in [1.29, 1.82) is 0 Å². The predicted molar refractivity (Wildman–Crippen MR) is 75.0 cm³/mol. The molecule has 1 heterocycles. The van der Waals surface area contributed by atoms with Gasteiger partial charge in [-0.3, -0.25) is 0 Å². The second kappa shape index (κ2) is 5.27. The summed E-state index contributed by atoms with van der Waals surface area (Å²) in [6.07, 6.45) is -0.903. The molecule has 0 amide bonds. The monoisotopic (exact) mass is 266 g/mol. The molecule has 0 saturated carbocycles. The molecule has 0 bridgehead atoms. The standard InChI is InChI=1S/C16H14N2O2/c1-11-6-5-9-13(10-11)14(19)16-18-17-15(20-16)12-7-3-2-4-8-12/h2-10,14,19H,1H3/t14-/m1/s1. The molecular formula is C16H14N2O2. The van der Waals surface area contributed by atoms with Gasteiger partial charge in [0.15, 0.2) is 6.10 Å². The van der Waals surface area contributed by atoms with Gasteiger partial charge in [-0.05, 0) is 24.6 Å². The normalized spacial score (nSPS) is 12.3. The van der Waals surface area contributed by atoms with Crippen molar-refractivity contribution >= 4 is 0 Å². The van der Waals surface area contributed by atoms with E-state index in [2.05, 4.69) is 10.2 Å². The van der Waals surface area contributed by atoms with E-state index in [1.807, 2.05) is 61.5 Å². The minimum Gasteiger partial charge on any atom is -0.417 e. The molecule has 1 aromatic heterocycles. The highest BCUT2D eigenvalue weighted by Crippen LogP contribution is 2.25. The van der Waals surface area contributed by atoms with E-state index in [1.54, 1.807) is 0 Å². The van der Waals surface area contributed by atoms with Crippen molar-refractivity contribution in [2.75, 3.05) is 0 Å². The molecule has 0 unspecified atom stereocenters. The first-order valence-electron chi connectivity index (χ1n) is 6.37. The van der Waals surface area contributed by atoms with Gasteiger partial charge in [0.2, 0.25) is 11.8 Å². The van der Waals surface area contributed by atoms with Crippen LogP contribution < -0.4 is 0 Å². The van der Waals surface area contributed by atoms with E-state index in [0.717, 1.165) is 16.7 Å². The predicted octanol–water partition coefficient (Wildman–Crippen LogP) is 3.13. The molecular weight excluding hydrogens is 252 g/mol. The molecule has 0 fully saturated rings. The van der Waals surface area contributed by atoms with Gasteiger partial charge in [0.05, 0.1) is 0 Å². The Morgan fingerprint density at radius 2 is 1.80 bits per heavy atom. The number of aryl methyl sites for hydroxylation is 1. The Kier molecular flexibility index (Phi) is 3.31. The fourth-order valence-electron chi connectivity index (χ4n) is 2.03. The van der Waals surface area contributed by atoms with Crippen molar-refractivity contribution in [1.82, 2.24) is 10.2 Å². The van der Waals surface area contributed by atoms with E-state index in [0.29, 0.717) is 5.89 Å². The molecule has 4 heteroatoms. The van der Waals surface area contributed by atoms with Crippen molar-refractivity contribution in [3.8, 4) is 11.5 Å². The van der Waals surface area contributed by atoms with Crippen molar-refractivity contribution in [3.05, 3.63) is 71.6 Å². The van der Waals surface area contributed by atoms with Crippen molar-refractivity contribution < 1.29 is 9.52 Å². The van der Waals surface area contributed by atoms with Crippen LogP contribution in [0.5, 0.6) is 0 Å².